The Labute approximate surface area is 192 Å². The van der Waals surface area contributed by atoms with E-state index in [2.05, 4.69) is 92.5 Å². The summed E-state index contributed by atoms with van der Waals surface area (Å²) in [7, 11) is 0. The number of nitrogens with zero attached hydrogens (tertiary/aromatic N) is 3. The lowest BCUT2D eigenvalue weighted by Gasteiger charge is -2.12. The largest absolute Gasteiger partial charge is 0.256 e. The molecule has 33 heavy (non-hydrogen) atoms. The average molecular weight is 426 g/mol. The minimum Gasteiger partial charge on any atom is -0.256 e. The highest BCUT2D eigenvalue weighted by Crippen LogP contribution is 2.32. The first kappa shape index (κ1) is 19.6. The van der Waals surface area contributed by atoms with Crippen LogP contribution in [0.25, 0.3) is 55.1 Å². The normalized spacial score (nSPS) is 11.5. The molecule has 6 rings (SSSR count). The van der Waals surface area contributed by atoms with Gasteiger partial charge in [0, 0.05) is 39.7 Å². The van der Waals surface area contributed by atoms with Gasteiger partial charge in [0.1, 0.15) is 0 Å². The third kappa shape index (κ3) is 3.25. The van der Waals surface area contributed by atoms with Gasteiger partial charge in [-0.3, -0.25) is 9.97 Å². The number of benzene rings is 3. The summed E-state index contributed by atoms with van der Waals surface area (Å²) in [5.41, 5.74) is 9.88. The van der Waals surface area contributed by atoms with Crippen LogP contribution in [-0.2, 0) is 0 Å². The topological polar surface area (TPSA) is 38.7 Å². The first-order chi connectivity index (χ1) is 16.1. The third-order valence-corrected chi connectivity index (χ3v) is 6.59. The molecular weight excluding hydrogens is 402 g/mol. The molecule has 3 aromatic heterocycles. The van der Waals surface area contributed by atoms with E-state index in [0.29, 0.717) is 0 Å². The van der Waals surface area contributed by atoms with E-state index in [0.717, 1.165) is 49.9 Å². The number of aromatic nitrogens is 3. The van der Waals surface area contributed by atoms with Crippen molar-refractivity contribution in [3.8, 4) is 22.5 Å². The molecule has 0 amide bonds. The molecular formula is C30H23N3. The zero-order chi connectivity index (χ0) is 22.5. The Morgan fingerprint density at radius 1 is 0.636 bits per heavy atom. The molecule has 0 unspecified atom stereocenters. The first-order valence-corrected chi connectivity index (χ1v) is 11.2. The standard InChI is InChI=1S/C30H23N3/c1-18-6-4-8-28-24(18)11-12-27(33-28)22-14-19(2)26-16-29(32-17-23(26)15-22)25-10-9-21-7-5-13-31-30(21)20(25)3/h4-17H,1-3H3. The van der Waals surface area contributed by atoms with E-state index in [1.807, 2.05) is 18.5 Å². The first-order valence-electron chi connectivity index (χ1n) is 11.2. The maximum Gasteiger partial charge on any atom is 0.0737 e. The van der Waals surface area contributed by atoms with Crippen molar-refractivity contribution < 1.29 is 0 Å². The van der Waals surface area contributed by atoms with Gasteiger partial charge in [-0.1, -0.05) is 36.4 Å². The van der Waals surface area contributed by atoms with Crippen LogP contribution >= 0.6 is 0 Å². The van der Waals surface area contributed by atoms with E-state index in [1.165, 1.54) is 21.9 Å². The molecule has 0 spiro atoms. The van der Waals surface area contributed by atoms with Crippen molar-refractivity contribution in [2.24, 2.45) is 0 Å². The van der Waals surface area contributed by atoms with Crippen LogP contribution in [0.3, 0.4) is 0 Å². The minimum atomic E-state index is 0.975. The predicted octanol–water partition coefficient (Wildman–Crippen LogP) is 7.59. The molecule has 3 heteroatoms. The average Bonchev–Trinajstić information content (AvgIpc) is 2.84. The fourth-order valence-corrected chi connectivity index (χ4v) is 4.78. The second-order valence-electron chi connectivity index (χ2n) is 8.74. The Balaban J connectivity index is 1.47. The number of pyridine rings is 3. The van der Waals surface area contributed by atoms with Crippen LogP contribution in [0.5, 0.6) is 0 Å². The SMILES string of the molecule is Cc1cc(-c2ccc3c(C)cccc3n2)cc2cnc(-c3ccc4cccnc4c3C)cc12. The lowest BCUT2D eigenvalue weighted by molar-refractivity contribution is 1.31. The van der Waals surface area contributed by atoms with Gasteiger partial charge in [-0.2, -0.15) is 0 Å². The zero-order valence-electron chi connectivity index (χ0n) is 18.9. The van der Waals surface area contributed by atoms with Gasteiger partial charge >= 0.3 is 0 Å². The highest BCUT2D eigenvalue weighted by molar-refractivity contribution is 5.94. The third-order valence-electron chi connectivity index (χ3n) is 6.59. The number of fused-ring (bicyclic) bond motifs is 3. The molecule has 0 fully saturated rings. The van der Waals surface area contributed by atoms with E-state index in [4.69, 9.17) is 9.97 Å². The van der Waals surface area contributed by atoms with Gasteiger partial charge in [-0.15, -0.1) is 0 Å². The van der Waals surface area contributed by atoms with Gasteiger partial charge in [0.25, 0.3) is 0 Å². The van der Waals surface area contributed by atoms with Crippen molar-refractivity contribution >= 4 is 32.6 Å². The molecule has 0 bridgehead atoms. The lowest BCUT2D eigenvalue weighted by atomic mass is 9.97. The molecule has 6 aromatic rings. The van der Waals surface area contributed by atoms with Crippen LogP contribution in [0.15, 0.2) is 85.2 Å². The van der Waals surface area contributed by atoms with Crippen LogP contribution in [0.4, 0.5) is 0 Å². The number of aryl methyl sites for hydroxylation is 3. The molecule has 0 radical (unpaired) electrons. The minimum absolute atomic E-state index is 0.975. The van der Waals surface area contributed by atoms with E-state index in [1.54, 1.807) is 0 Å². The Hall–Kier alpha value is -4.11. The maximum atomic E-state index is 4.93. The molecule has 0 saturated heterocycles. The number of rotatable bonds is 2. The van der Waals surface area contributed by atoms with Gasteiger partial charge in [0.2, 0.25) is 0 Å². The lowest BCUT2D eigenvalue weighted by Crippen LogP contribution is -1.93. The van der Waals surface area contributed by atoms with Crippen molar-refractivity contribution in [3.05, 3.63) is 102 Å². The van der Waals surface area contributed by atoms with Gasteiger partial charge in [-0.25, -0.2) is 4.98 Å². The van der Waals surface area contributed by atoms with Gasteiger partial charge in [0.05, 0.1) is 22.4 Å². The van der Waals surface area contributed by atoms with Gasteiger partial charge in [-0.05, 0) is 79.2 Å². The summed E-state index contributed by atoms with van der Waals surface area (Å²) in [4.78, 5) is 14.4. The van der Waals surface area contributed by atoms with E-state index < -0.39 is 0 Å². The van der Waals surface area contributed by atoms with Crippen LogP contribution in [0.1, 0.15) is 16.7 Å². The quantitative estimate of drug-likeness (QED) is 0.287. The fourth-order valence-electron chi connectivity index (χ4n) is 4.78. The van der Waals surface area contributed by atoms with Crippen molar-refractivity contribution in [2.75, 3.05) is 0 Å². The summed E-state index contributed by atoms with van der Waals surface area (Å²) >= 11 is 0. The van der Waals surface area contributed by atoms with Crippen LogP contribution in [0.2, 0.25) is 0 Å². The van der Waals surface area contributed by atoms with E-state index in [9.17, 15) is 0 Å². The second kappa shape index (κ2) is 7.49. The molecule has 0 aliphatic heterocycles. The fraction of sp³-hybridized carbons (Fsp3) is 0.100. The van der Waals surface area contributed by atoms with Crippen LogP contribution in [0, 0.1) is 20.8 Å². The highest BCUT2D eigenvalue weighted by Gasteiger charge is 2.11. The summed E-state index contributed by atoms with van der Waals surface area (Å²) in [6.45, 7) is 6.41. The Morgan fingerprint density at radius 3 is 2.45 bits per heavy atom. The Kier molecular flexibility index (Phi) is 4.44. The molecule has 0 N–H and O–H groups in total. The van der Waals surface area contributed by atoms with E-state index in [-0.39, 0.29) is 0 Å². The van der Waals surface area contributed by atoms with Crippen molar-refractivity contribution in [1.82, 2.24) is 15.0 Å². The summed E-state index contributed by atoms with van der Waals surface area (Å²) < 4.78 is 0. The molecule has 3 heterocycles. The van der Waals surface area contributed by atoms with Crippen molar-refractivity contribution in [3.63, 3.8) is 0 Å². The highest BCUT2D eigenvalue weighted by atomic mass is 14.7. The zero-order valence-corrected chi connectivity index (χ0v) is 18.9. The van der Waals surface area contributed by atoms with Crippen molar-refractivity contribution in [2.45, 2.75) is 20.8 Å². The van der Waals surface area contributed by atoms with Gasteiger partial charge in [0.15, 0.2) is 0 Å². The molecule has 0 aliphatic rings. The van der Waals surface area contributed by atoms with Gasteiger partial charge < -0.3 is 0 Å². The monoisotopic (exact) mass is 425 g/mol. The smallest absolute Gasteiger partial charge is 0.0737 e. The molecule has 0 atom stereocenters. The Morgan fingerprint density at radius 2 is 1.55 bits per heavy atom. The molecule has 158 valence electrons. The van der Waals surface area contributed by atoms with Crippen LogP contribution < -0.4 is 0 Å². The maximum absolute atomic E-state index is 4.93. The Bertz CT molecular complexity index is 1700. The summed E-state index contributed by atoms with van der Waals surface area (Å²) in [6, 6.07) is 25.5. The van der Waals surface area contributed by atoms with Crippen LogP contribution in [-0.4, -0.2) is 15.0 Å². The number of hydrogen-bond acceptors (Lipinski definition) is 3. The second-order valence-corrected chi connectivity index (χ2v) is 8.74. The molecule has 0 saturated carbocycles. The molecule has 3 nitrogen and oxygen atoms in total. The number of hydrogen-bond donors (Lipinski definition) is 0. The summed E-state index contributed by atoms with van der Waals surface area (Å²) in [6.07, 6.45) is 3.83. The predicted molar refractivity (Wildman–Crippen MR) is 137 cm³/mol. The van der Waals surface area contributed by atoms with Crippen molar-refractivity contribution in [1.29, 1.82) is 0 Å². The molecule has 3 aromatic carbocycles. The summed E-state index contributed by atoms with van der Waals surface area (Å²) in [5, 5.41) is 4.68. The summed E-state index contributed by atoms with van der Waals surface area (Å²) in [5.74, 6) is 0. The van der Waals surface area contributed by atoms with E-state index >= 15 is 0 Å². The molecule has 0 aliphatic carbocycles.